The lowest BCUT2D eigenvalue weighted by molar-refractivity contribution is 0.0971. The third kappa shape index (κ3) is 2.30. The van der Waals surface area contributed by atoms with E-state index >= 15 is 0 Å². The minimum Gasteiger partial charge on any atom is -0.486 e. The zero-order valence-electron chi connectivity index (χ0n) is 13.8. The maximum Gasteiger partial charge on any atom is 0.262 e. The van der Waals surface area contributed by atoms with Gasteiger partial charge in [0.1, 0.15) is 19.0 Å². The Kier molecular flexibility index (Phi) is 3.35. The van der Waals surface area contributed by atoms with E-state index in [0.717, 1.165) is 5.69 Å². The van der Waals surface area contributed by atoms with Gasteiger partial charge in [-0.2, -0.15) is 0 Å². The van der Waals surface area contributed by atoms with E-state index in [1.165, 1.54) is 0 Å². The Bertz CT molecular complexity index is 968. The van der Waals surface area contributed by atoms with E-state index < -0.39 is 6.17 Å². The van der Waals surface area contributed by atoms with Crippen LogP contribution >= 0.6 is 0 Å². The van der Waals surface area contributed by atoms with Crippen LogP contribution in [0.25, 0.3) is 0 Å². The number of fused-ring (bicyclic) bond motifs is 2. The van der Waals surface area contributed by atoms with Crippen LogP contribution in [0.2, 0.25) is 0 Å². The largest absolute Gasteiger partial charge is 0.486 e. The second-order valence-electron chi connectivity index (χ2n) is 6.11. The molecule has 0 saturated carbocycles. The van der Waals surface area contributed by atoms with Gasteiger partial charge in [0.25, 0.3) is 5.91 Å². The Balaban J connectivity index is 1.63. The fourth-order valence-electron chi connectivity index (χ4n) is 3.35. The standard InChI is InChI=1S/C20H16N2O4/c23-20-14-4-1-2-5-15(14)21-19(17-6-3-9-24-17)22(20)13-7-8-16-18(12-13)26-11-10-25-16/h1-9,12,19,21H,10-11H2. The van der Waals surface area contributed by atoms with Gasteiger partial charge in [0.15, 0.2) is 17.7 Å². The topological polar surface area (TPSA) is 63.9 Å². The van der Waals surface area contributed by atoms with E-state index in [2.05, 4.69) is 5.32 Å². The second-order valence-corrected chi connectivity index (χ2v) is 6.11. The molecule has 5 rings (SSSR count). The molecule has 0 aliphatic carbocycles. The quantitative estimate of drug-likeness (QED) is 0.763. The summed E-state index contributed by atoms with van der Waals surface area (Å²) >= 11 is 0. The molecule has 2 aromatic carbocycles. The molecule has 2 aliphatic rings. The number of ether oxygens (including phenoxy) is 2. The summed E-state index contributed by atoms with van der Waals surface area (Å²) in [7, 11) is 0. The van der Waals surface area contributed by atoms with Gasteiger partial charge in [0, 0.05) is 11.8 Å². The van der Waals surface area contributed by atoms with Crippen LogP contribution in [-0.4, -0.2) is 19.1 Å². The van der Waals surface area contributed by atoms with Gasteiger partial charge in [-0.3, -0.25) is 9.69 Å². The van der Waals surface area contributed by atoms with E-state index in [9.17, 15) is 4.79 Å². The first-order valence-electron chi connectivity index (χ1n) is 8.43. The second kappa shape index (κ2) is 5.84. The number of para-hydroxylation sites is 1. The van der Waals surface area contributed by atoms with Crippen LogP contribution < -0.4 is 19.7 Å². The molecule has 0 radical (unpaired) electrons. The molecule has 0 spiro atoms. The fourth-order valence-corrected chi connectivity index (χ4v) is 3.35. The van der Waals surface area contributed by atoms with Crippen molar-refractivity contribution in [2.45, 2.75) is 6.17 Å². The molecular formula is C20H16N2O4. The number of amides is 1. The number of hydrogen-bond donors (Lipinski definition) is 1. The van der Waals surface area contributed by atoms with E-state index in [4.69, 9.17) is 13.9 Å². The molecule has 0 fully saturated rings. The lowest BCUT2D eigenvalue weighted by Gasteiger charge is -2.37. The number of hydrogen-bond acceptors (Lipinski definition) is 5. The number of anilines is 2. The first-order chi connectivity index (χ1) is 12.8. The zero-order chi connectivity index (χ0) is 17.5. The molecule has 2 aliphatic heterocycles. The first kappa shape index (κ1) is 14.9. The lowest BCUT2D eigenvalue weighted by Crippen LogP contribution is -2.43. The van der Waals surface area contributed by atoms with Crippen molar-refractivity contribution in [3.63, 3.8) is 0 Å². The van der Waals surface area contributed by atoms with Gasteiger partial charge in [-0.1, -0.05) is 12.1 Å². The van der Waals surface area contributed by atoms with E-state index in [1.807, 2.05) is 54.6 Å². The summed E-state index contributed by atoms with van der Waals surface area (Å²) in [4.78, 5) is 14.9. The van der Waals surface area contributed by atoms with Crippen molar-refractivity contribution in [1.29, 1.82) is 0 Å². The molecule has 130 valence electrons. The molecule has 1 amide bonds. The van der Waals surface area contributed by atoms with Gasteiger partial charge < -0.3 is 19.2 Å². The van der Waals surface area contributed by atoms with E-state index in [0.29, 0.717) is 41.7 Å². The number of carbonyl (C=O) groups is 1. The summed E-state index contributed by atoms with van der Waals surface area (Å²) in [5.74, 6) is 1.88. The van der Waals surface area contributed by atoms with Crippen molar-refractivity contribution in [3.8, 4) is 11.5 Å². The van der Waals surface area contributed by atoms with E-state index in [-0.39, 0.29) is 5.91 Å². The van der Waals surface area contributed by atoms with Crippen LogP contribution in [0.1, 0.15) is 22.3 Å². The molecule has 26 heavy (non-hydrogen) atoms. The van der Waals surface area contributed by atoms with Crippen molar-refractivity contribution < 1.29 is 18.7 Å². The Morgan fingerprint density at radius 2 is 1.81 bits per heavy atom. The SMILES string of the molecule is O=C1c2ccccc2NC(c2ccco2)N1c1ccc2c(c1)OCCO2. The van der Waals surface area contributed by atoms with Crippen LogP contribution in [0.4, 0.5) is 11.4 Å². The summed E-state index contributed by atoms with van der Waals surface area (Å²) in [6.45, 7) is 1.02. The Labute approximate surface area is 149 Å². The van der Waals surface area contributed by atoms with Crippen molar-refractivity contribution in [2.75, 3.05) is 23.4 Å². The van der Waals surface area contributed by atoms with Crippen LogP contribution in [0.3, 0.4) is 0 Å². The third-order valence-electron chi connectivity index (χ3n) is 4.54. The summed E-state index contributed by atoms with van der Waals surface area (Å²) in [6, 6.07) is 16.6. The highest BCUT2D eigenvalue weighted by molar-refractivity contribution is 6.12. The van der Waals surface area contributed by atoms with E-state index in [1.54, 1.807) is 11.2 Å². The Morgan fingerprint density at radius 3 is 2.65 bits per heavy atom. The van der Waals surface area contributed by atoms with Crippen molar-refractivity contribution >= 4 is 17.3 Å². The number of benzene rings is 2. The van der Waals surface area contributed by atoms with Gasteiger partial charge in [-0.15, -0.1) is 0 Å². The molecule has 1 N–H and O–H groups in total. The lowest BCUT2D eigenvalue weighted by atomic mass is 10.1. The zero-order valence-corrected chi connectivity index (χ0v) is 13.8. The highest BCUT2D eigenvalue weighted by atomic mass is 16.6. The molecule has 0 saturated heterocycles. The normalized spacial score (nSPS) is 18.2. The molecule has 6 heteroatoms. The molecule has 3 heterocycles. The molecule has 6 nitrogen and oxygen atoms in total. The Hall–Kier alpha value is -3.41. The number of carbonyl (C=O) groups excluding carboxylic acids is 1. The van der Waals surface area contributed by atoms with Gasteiger partial charge >= 0.3 is 0 Å². The number of nitrogens with one attached hydrogen (secondary N) is 1. The predicted molar refractivity (Wildman–Crippen MR) is 95.8 cm³/mol. The summed E-state index contributed by atoms with van der Waals surface area (Å²) < 4.78 is 16.9. The Morgan fingerprint density at radius 1 is 0.962 bits per heavy atom. The molecular weight excluding hydrogens is 332 g/mol. The summed E-state index contributed by atoms with van der Waals surface area (Å²) in [6.07, 6.45) is 1.15. The summed E-state index contributed by atoms with van der Waals surface area (Å²) in [5.41, 5.74) is 2.11. The fraction of sp³-hybridized carbons (Fsp3) is 0.150. The van der Waals surface area contributed by atoms with Gasteiger partial charge in [0.2, 0.25) is 0 Å². The van der Waals surface area contributed by atoms with Crippen LogP contribution in [0.5, 0.6) is 11.5 Å². The van der Waals surface area contributed by atoms with Gasteiger partial charge in [-0.25, -0.2) is 0 Å². The molecule has 0 bridgehead atoms. The maximum atomic E-state index is 13.3. The van der Waals surface area contributed by atoms with Gasteiger partial charge in [-0.05, 0) is 36.4 Å². The highest BCUT2D eigenvalue weighted by Gasteiger charge is 2.36. The first-order valence-corrected chi connectivity index (χ1v) is 8.43. The smallest absolute Gasteiger partial charge is 0.262 e. The number of rotatable bonds is 2. The van der Waals surface area contributed by atoms with Crippen LogP contribution in [0.15, 0.2) is 65.3 Å². The maximum absolute atomic E-state index is 13.3. The summed E-state index contributed by atoms with van der Waals surface area (Å²) in [5, 5.41) is 3.40. The minimum absolute atomic E-state index is 0.0996. The molecule has 1 atom stereocenters. The average Bonchev–Trinajstić information content (AvgIpc) is 3.22. The third-order valence-corrected chi connectivity index (χ3v) is 4.54. The highest BCUT2D eigenvalue weighted by Crippen LogP contribution is 2.40. The van der Waals surface area contributed by atoms with Crippen molar-refractivity contribution in [1.82, 2.24) is 0 Å². The minimum atomic E-state index is -0.449. The number of furan rings is 1. The predicted octanol–water partition coefficient (Wildman–Crippen LogP) is 3.82. The van der Waals surface area contributed by atoms with Crippen LogP contribution in [-0.2, 0) is 0 Å². The number of nitrogens with zero attached hydrogens (tertiary/aromatic N) is 1. The van der Waals surface area contributed by atoms with Gasteiger partial charge in [0.05, 0.1) is 17.5 Å². The molecule has 1 unspecified atom stereocenters. The van der Waals surface area contributed by atoms with Crippen molar-refractivity contribution in [2.24, 2.45) is 0 Å². The molecule has 1 aromatic heterocycles. The monoisotopic (exact) mass is 348 g/mol. The average molecular weight is 348 g/mol. The molecule has 3 aromatic rings. The van der Waals surface area contributed by atoms with Crippen molar-refractivity contribution in [3.05, 3.63) is 72.2 Å². The van der Waals surface area contributed by atoms with Crippen LogP contribution in [0, 0.1) is 0 Å².